The van der Waals surface area contributed by atoms with Gasteiger partial charge in [-0.15, -0.1) is 0 Å². The first-order valence-electron chi connectivity index (χ1n) is 8.78. The predicted molar refractivity (Wildman–Crippen MR) is 107 cm³/mol. The molecule has 0 fully saturated rings. The number of aromatic nitrogens is 3. The average molecular weight is 362 g/mol. The lowest BCUT2D eigenvalue weighted by Gasteiger charge is -2.14. The number of hydrogen-bond donors (Lipinski definition) is 3. The zero-order chi connectivity index (χ0) is 19.2. The Morgan fingerprint density at radius 1 is 1.15 bits per heavy atom. The number of hydrogen-bond acceptors (Lipinski definition) is 6. The van der Waals surface area contributed by atoms with Crippen LogP contribution in [0.25, 0.3) is 11.3 Å². The van der Waals surface area contributed by atoms with Crippen LogP contribution in [0.15, 0.2) is 54.9 Å². The smallest absolute Gasteiger partial charge is 0.256 e. The number of pyridine rings is 1. The van der Waals surface area contributed by atoms with Crippen LogP contribution >= 0.6 is 0 Å². The molecule has 4 N–H and O–H groups in total. The molecule has 0 bridgehead atoms. The highest BCUT2D eigenvalue weighted by atomic mass is 16.1. The summed E-state index contributed by atoms with van der Waals surface area (Å²) in [5.74, 6) is 0.591. The second-order valence-electron chi connectivity index (χ2n) is 6.23. The van der Waals surface area contributed by atoms with E-state index in [4.69, 9.17) is 5.73 Å². The Hall–Kier alpha value is -3.48. The number of carbonyl (C=O) groups is 1. The first-order valence-corrected chi connectivity index (χ1v) is 8.78. The standard InChI is InChI=1S/C20H22N6O/c1-3-13(2)23-20-24-17(14-7-9-22-10-8-14)12-18(26-20)25-19(27)15-5-4-6-16(21)11-15/h4-13H,3,21H2,1-2H3,(H2,23,24,25,26,27)/t13-/m0/s1. The van der Waals surface area contributed by atoms with Gasteiger partial charge in [-0.1, -0.05) is 13.0 Å². The zero-order valence-electron chi connectivity index (χ0n) is 15.3. The van der Waals surface area contributed by atoms with Gasteiger partial charge in [0, 0.05) is 41.3 Å². The van der Waals surface area contributed by atoms with E-state index in [-0.39, 0.29) is 11.9 Å². The van der Waals surface area contributed by atoms with Gasteiger partial charge in [-0.2, -0.15) is 4.98 Å². The Bertz CT molecular complexity index is 929. The summed E-state index contributed by atoms with van der Waals surface area (Å²) in [6.07, 6.45) is 4.32. The van der Waals surface area contributed by atoms with E-state index in [1.54, 1.807) is 42.7 Å². The number of carbonyl (C=O) groups excluding carboxylic acids is 1. The molecule has 0 saturated heterocycles. The van der Waals surface area contributed by atoms with Crippen LogP contribution in [-0.2, 0) is 0 Å². The summed E-state index contributed by atoms with van der Waals surface area (Å²) < 4.78 is 0. The van der Waals surface area contributed by atoms with E-state index in [1.807, 2.05) is 19.1 Å². The van der Waals surface area contributed by atoms with Crippen molar-refractivity contribution in [1.82, 2.24) is 15.0 Å². The fourth-order valence-corrected chi connectivity index (χ4v) is 2.44. The zero-order valence-corrected chi connectivity index (χ0v) is 15.3. The quantitative estimate of drug-likeness (QED) is 0.579. The molecular weight excluding hydrogens is 340 g/mol. The van der Waals surface area contributed by atoms with Crippen molar-refractivity contribution in [3.8, 4) is 11.3 Å². The normalized spacial score (nSPS) is 11.6. The number of nitrogens with one attached hydrogen (secondary N) is 2. The van der Waals surface area contributed by atoms with Gasteiger partial charge in [0.05, 0.1) is 5.69 Å². The van der Waals surface area contributed by atoms with E-state index in [0.29, 0.717) is 28.7 Å². The van der Waals surface area contributed by atoms with Crippen molar-refractivity contribution in [3.05, 3.63) is 60.4 Å². The first kappa shape index (κ1) is 18.3. The fraction of sp³-hybridized carbons (Fsp3) is 0.200. The van der Waals surface area contributed by atoms with Crippen molar-refractivity contribution in [1.29, 1.82) is 0 Å². The Morgan fingerprint density at radius 3 is 2.63 bits per heavy atom. The maximum Gasteiger partial charge on any atom is 0.256 e. The summed E-state index contributed by atoms with van der Waals surface area (Å²) in [7, 11) is 0. The second-order valence-corrected chi connectivity index (χ2v) is 6.23. The molecule has 0 aliphatic heterocycles. The van der Waals surface area contributed by atoms with Gasteiger partial charge < -0.3 is 16.4 Å². The third kappa shape index (κ3) is 4.78. The Morgan fingerprint density at radius 2 is 1.93 bits per heavy atom. The summed E-state index contributed by atoms with van der Waals surface area (Å²) in [5.41, 5.74) is 8.34. The molecule has 7 heteroatoms. The van der Waals surface area contributed by atoms with E-state index in [2.05, 4.69) is 32.5 Å². The maximum atomic E-state index is 12.5. The lowest BCUT2D eigenvalue weighted by atomic mass is 10.2. The molecule has 27 heavy (non-hydrogen) atoms. The molecule has 0 aliphatic carbocycles. The fourth-order valence-electron chi connectivity index (χ4n) is 2.44. The number of nitrogens with zero attached hydrogens (tertiary/aromatic N) is 3. The van der Waals surface area contributed by atoms with Crippen LogP contribution < -0.4 is 16.4 Å². The van der Waals surface area contributed by atoms with Crippen molar-refractivity contribution in [3.63, 3.8) is 0 Å². The molecular formula is C20H22N6O. The molecule has 1 amide bonds. The minimum atomic E-state index is -0.281. The number of nitrogens with two attached hydrogens (primary N) is 1. The van der Waals surface area contributed by atoms with Gasteiger partial charge in [0.25, 0.3) is 5.91 Å². The molecule has 3 aromatic rings. The van der Waals surface area contributed by atoms with Crippen LogP contribution in [0, 0.1) is 0 Å². The molecule has 0 spiro atoms. The minimum Gasteiger partial charge on any atom is -0.399 e. The summed E-state index contributed by atoms with van der Waals surface area (Å²) in [5, 5.41) is 6.08. The summed E-state index contributed by atoms with van der Waals surface area (Å²) >= 11 is 0. The van der Waals surface area contributed by atoms with Gasteiger partial charge in [-0.3, -0.25) is 9.78 Å². The molecule has 3 rings (SSSR count). The third-order valence-corrected chi connectivity index (χ3v) is 4.08. The Balaban J connectivity index is 1.93. The van der Waals surface area contributed by atoms with Crippen molar-refractivity contribution in [2.75, 3.05) is 16.4 Å². The highest BCUT2D eigenvalue weighted by molar-refractivity contribution is 6.04. The van der Waals surface area contributed by atoms with Gasteiger partial charge in [0.1, 0.15) is 5.82 Å². The van der Waals surface area contributed by atoms with Gasteiger partial charge in [-0.05, 0) is 43.7 Å². The molecule has 1 atom stereocenters. The van der Waals surface area contributed by atoms with Crippen molar-refractivity contribution in [2.24, 2.45) is 0 Å². The van der Waals surface area contributed by atoms with Gasteiger partial charge >= 0.3 is 0 Å². The number of anilines is 3. The largest absolute Gasteiger partial charge is 0.399 e. The van der Waals surface area contributed by atoms with Crippen LogP contribution in [0.2, 0.25) is 0 Å². The lowest BCUT2D eigenvalue weighted by molar-refractivity contribution is 0.102. The van der Waals surface area contributed by atoms with E-state index in [0.717, 1.165) is 12.0 Å². The highest BCUT2D eigenvalue weighted by Crippen LogP contribution is 2.22. The molecule has 2 heterocycles. The summed E-state index contributed by atoms with van der Waals surface area (Å²) in [4.78, 5) is 25.6. The first-order chi connectivity index (χ1) is 13.0. The van der Waals surface area contributed by atoms with Crippen LogP contribution in [-0.4, -0.2) is 26.9 Å². The summed E-state index contributed by atoms with van der Waals surface area (Å²) in [6.45, 7) is 4.13. The molecule has 0 unspecified atom stereocenters. The summed E-state index contributed by atoms with van der Waals surface area (Å²) in [6, 6.07) is 12.5. The number of nitrogen functional groups attached to an aromatic ring is 1. The van der Waals surface area contributed by atoms with Crippen LogP contribution in [0.4, 0.5) is 17.5 Å². The maximum absolute atomic E-state index is 12.5. The number of rotatable bonds is 6. The molecule has 0 aliphatic rings. The molecule has 7 nitrogen and oxygen atoms in total. The molecule has 0 saturated carbocycles. The molecule has 1 aromatic carbocycles. The van der Waals surface area contributed by atoms with Crippen molar-refractivity contribution >= 4 is 23.4 Å². The SMILES string of the molecule is CC[C@H](C)Nc1nc(NC(=O)c2cccc(N)c2)cc(-c2ccncc2)n1. The van der Waals surface area contributed by atoms with Gasteiger partial charge in [0.2, 0.25) is 5.95 Å². The monoisotopic (exact) mass is 362 g/mol. The van der Waals surface area contributed by atoms with E-state index >= 15 is 0 Å². The van der Waals surface area contributed by atoms with E-state index in [1.165, 1.54) is 0 Å². The van der Waals surface area contributed by atoms with E-state index in [9.17, 15) is 4.79 Å². The highest BCUT2D eigenvalue weighted by Gasteiger charge is 2.12. The topological polar surface area (TPSA) is 106 Å². The van der Waals surface area contributed by atoms with Crippen LogP contribution in [0.5, 0.6) is 0 Å². The lowest BCUT2D eigenvalue weighted by Crippen LogP contribution is -2.18. The molecule has 0 radical (unpaired) electrons. The van der Waals surface area contributed by atoms with Crippen molar-refractivity contribution < 1.29 is 4.79 Å². The van der Waals surface area contributed by atoms with E-state index < -0.39 is 0 Å². The van der Waals surface area contributed by atoms with Gasteiger partial charge in [-0.25, -0.2) is 4.98 Å². The van der Waals surface area contributed by atoms with Gasteiger partial charge in [0.15, 0.2) is 0 Å². The number of benzene rings is 1. The molecule has 2 aromatic heterocycles. The number of amides is 1. The average Bonchev–Trinajstić information content (AvgIpc) is 2.68. The third-order valence-electron chi connectivity index (χ3n) is 4.08. The minimum absolute atomic E-state index is 0.204. The van der Waals surface area contributed by atoms with Crippen molar-refractivity contribution in [2.45, 2.75) is 26.3 Å². The van der Waals surface area contributed by atoms with Crippen LogP contribution in [0.3, 0.4) is 0 Å². The Kier molecular flexibility index (Phi) is 5.61. The second kappa shape index (κ2) is 8.27. The Labute approximate surface area is 158 Å². The predicted octanol–water partition coefficient (Wildman–Crippen LogP) is 3.58. The molecule has 138 valence electrons. The van der Waals surface area contributed by atoms with Crippen LogP contribution in [0.1, 0.15) is 30.6 Å².